The Kier molecular flexibility index (Phi) is 5.10. The molecular formula is C16H15F3N2OS. The standard InChI is InChI=1S/C16H15F3N2OS/c1-10-5-3-8-14(11(10)2)21-15(23)20-12-6-4-7-13(9-12)22-16(17,18)19/h3-9H,1-2H3,(H2,20,21,23). The first-order valence-electron chi connectivity index (χ1n) is 6.74. The van der Waals surface area contributed by atoms with Crippen molar-refractivity contribution in [3.05, 3.63) is 53.6 Å². The minimum absolute atomic E-state index is 0.280. The molecule has 0 fully saturated rings. The van der Waals surface area contributed by atoms with Crippen LogP contribution in [0.1, 0.15) is 11.1 Å². The maximum atomic E-state index is 12.2. The predicted molar refractivity (Wildman–Crippen MR) is 88.9 cm³/mol. The smallest absolute Gasteiger partial charge is 0.406 e. The average molecular weight is 340 g/mol. The predicted octanol–water partition coefficient (Wildman–Crippen LogP) is 5.01. The lowest BCUT2D eigenvalue weighted by molar-refractivity contribution is -0.274. The number of benzene rings is 2. The number of ether oxygens (including phenoxy) is 1. The first-order valence-corrected chi connectivity index (χ1v) is 7.15. The molecule has 0 radical (unpaired) electrons. The van der Waals surface area contributed by atoms with E-state index in [0.29, 0.717) is 5.69 Å². The Morgan fingerprint density at radius 2 is 1.74 bits per heavy atom. The number of rotatable bonds is 3. The Bertz CT molecular complexity index is 717. The lowest BCUT2D eigenvalue weighted by Gasteiger charge is -2.15. The van der Waals surface area contributed by atoms with Gasteiger partial charge in [-0.05, 0) is 55.4 Å². The molecule has 2 aromatic rings. The van der Waals surface area contributed by atoms with Crippen LogP contribution in [0.5, 0.6) is 5.75 Å². The highest BCUT2D eigenvalue weighted by atomic mass is 32.1. The molecule has 0 aromatic heterocycles. The second-order valence-corrected chi connectivity index (χ2v) is 5.31. The summed E-state index contributed by atoms with van der Waals surface area (Å²) in [5.74, 6) is -0.308. The van der Waals surface area contributed by atoms with Crippen LogP contribution in [0.4, 0.5) is 24.5 Å². The first-order chi connectivity index (χ1) is 10.7. The molecule has 0 bridgehead atoms. The molecule has 2 N–H and O–H groups in total. The van der Waals surface area contributed by atoms with Crippen LogP contribution >= 0.6 is 12.2 Å². The van der Waals surface area contributed by atoms with Gasteiger partial charge in [0.25, 0.3) is 0 Å². The summed E-state index contributed by atoms with van der Waals surface area (Å²) in [7, 11) is 0. The van der Waals surface area contributed by atoms with Crippen molar-refractivity contribution >= 4 is 28.7 Å². The van der Waals surface area contributed by atoms with Crippen molar-refractivity contribution in [2.45, 2.75) is 20.2 Å². The first kappa shape index (κ1) is 17.1. The van der Waals surface area contributed by atoms with Crippen molar-refractivity contribution in [1.29, 1.82) is 0 Å². The molecule has 3 nitrogen and oxygen atoms in total. The van der Waals surface area contributed by atoms with Gasteiger partial charge in [0.1, 0.15) is 5.75 Å². The number of halogens is 3. The number of thiocarbonyl (C=S) groups is 1. The monoisotopic (exact) mass is 340 g/mol. The molecule has 0 aliphatic rings. The van der Waals surface area contributed by atoms with Crippen LogP contribution in [0.25, 0.3) is 0 Å². The third-order valence-corrected chi connectivity index (χ3v) is 3.38. The van der Waals surface area contributed by atoms with E-state index in [9.17, 15) is 13.2 Å². The summed E-state index contributed by atoms with van der Waals surface area (Å²) in [4.78, 5) is 0. The summed E-state index contributed by atoms with van der Waals surface area (Å²) in [6.45, 7) is 3.94. The zero-order chi connectivity index (χ0) is 17.0. The van der Waals surface area contributed by atoms with Crippen molar-refractivity contribution in [3.8, 4) is 5.75 Å². The molecule has 0 aliphatic heterocycles. The average Bonchev–Trinajstić information content (AvgIpc) is 2.42. The number of nitrogens with one attached hydrogen (secondary N) is 2. The highest BCUT2D eigenvalue weighted by molar-refractivity contribution is 7.80. The normalized spacial score (nSPS) is 11.0. The van der Waals surface area contributed by atoms with Crippen LogP contribution in [0.3, 0.4) is 0 Å². The Labute approximate surface area is 137 Å². The van der Waals surface area contributed by atoms with E-state index in [4.69, 9.17) is 12.2 Å². The molecule has 0 heterocycles. The SMILES string of the molecule is Cc1cccc(NC(=S)Nc2cccc(OC(F)(F)F)c2)c1C. The fourth-order valence-corrected chi connectivity index (χ4v) is 2.17. The Morgan fingerprint density at radius 3 is 2.43 bits per heavy atom. The number of hydrogen-bond acceptors (Lipinski definition) is 2. The zero-order valence-electron chi connectivity index (χ0n) is 12.5. The molecule has 0 amide bonds. The minimum Gasteiger partial charge on any atom is -0.406 e. The Balaban J connectivity index is 2.06. The van der Waals surface area contributed by atoms with Gasteiger partial charge >= 0.3 is 6.36 Å². The van der Waals surface area contributed by atoms with Crippen LogP contribution in [0.15, 0.2) is 42.5 Å². The summed E-state index contributed by atoms with van der Waals surface area (Å²) in [6.07, 6.45) is -4.73. The number of hydrogen-bond donors (Lipinski definition) is 2. The van der Waals surface area contributed by atoms with Crippen LogP contribution in [0, 0.1) is 13.8 Å². The highest BCUT2D eigenvalue weighted by Gasteiger charge is 2.31. The van der Waals surface area contributed by atoms with Crippen LogP contribution in [-0.4, -0.2) is 11.5 Å². The Morgan fingerprint density at radius 1 is 1.04 bits per heavy atom. The van der Waals surface area contributed by atoms with E-state index >= 15 is 0 Å². The minimum atomic E-state index is -4.73. The zero-order valence-corrected chi connectivity index (χ0v) is 13.3. The molecular weight excluding hydrogens is 325 g/mol. The van der Waals surface area contributed by atoms with E-state index in [1.165, 1.54) is 18.2 Å². The molecule has 7 heteroatoms. The van der Waals surface area contributed by atoms with Gasteiger partial charge in [-0.1, -0.05) is 18.2 Å². The van der Waals surface area contributed by atoms with E-state index < -0.39 is 6.36 Å². The summed E-state index contributed by atoms with van der Waals surface area (Å²) >= 11 is 5.19. The summed E-state index contributed by atoms with van der Waals surface area (Å²) in [5, 5.41) is 6.14. The van der Waals surface area contributed by atoms with Crippen molar-refractivity contribution in [2.75, 3.05) is 10.6 Å². The fraction of sp³-hybridized carbons (Fsp3) is 0.188. The summed E-state index contributed by atoms with van der Waals surface area (Å²) in [6, 6.07) is 11.2. The van der Waals surface area contributed by atoms with Gasteiger partial charge in [-0.15, -0.1) is 13.2 Å². The molecule has 2 rings (SSSR count). The molecule has 0 unspecified atom stereocenters. The van der Waals surface area contributed by atoms with Crippen LogP contribution < -0.4 is 15.4 Å². The van der Waals surface area contributed by atoms with Crippen molar-refractivity contribution in [2.24, 2.45) is 0 Å². The molecule has 0 aliphatic carbocycles. The molecule has 2 aromatic carbocycles. The Hall–Kier alpha value is -2.28. The largest absolute Gasteiger partial charge is 0.573 e. The summed E-state index contributed by atoms with van der Waals surface area (Å²) in [5.41, 5.74) is 3.39. The van der Waals surface area contributed by atoms with Crippen molar-refractivity contribution < 1.29 is 17.9 Å². The molecule has 0 atom stereocenters. The van der Waals surface area contributed by atoms with Crippen LogP contribution in [0.2, 0.25) is 0 Å². The van der Waals surface area contributed by atoms with Gasteiger partial charge in [0.2, 0.25) is 0 Å². The highest BCUT2D eigenvalue weighted by Crippen LogP contribution is 2.25. The molecule has 0 spiro atoms. The maximum absolute atomic E-state index is 12.2. The second-order valence-electron chi connectivity index (χ2n) is 4.90. The molecule has 122 valence electrons. The van der Waals surface area contributed by atoms with Gasteiger partial charge in [0.05, 0.1) is 0 Å². The summed E-state index contributed by atoms with van der Waals surface area (Å²) < 4.78 is 40.5. The molecule has 23 heavy (non-hydrogen) atoms. The van der Waals surface area contributed by atoms with Gasteiger partial charge in [-0.25, -0.2) is 0 Å². The second kappa shape index (κ2) is 6.87. The van der Waals surface area contributed by atoms with E-state index in [2.05, 4.69) is 15.4 Å². The van der Waals surface area contributed by atoms with Gasteiger partial charge in [0.15, 0.2) is 5.11 Å². The quantitative estimate of drug-likeness (QED) is 0.770. The third-order valence-electron chi connectivity index (χ3n) is 3.18. The number of anilines is 2. The fourth-order valence-electron chi connectivity index (χ4n) is 1.94. The van der Waals surface area contributed by atoms with Gasteiger partial charge < -0.3 is 15.4 Å². The number of alkyl halides is 3. The van der Waals surface area contributed by atoms with E-state index in [-0.39, 0.29) is 10.9 Å². The van der Waals surface area contributed by atoms with Crippen molar-refractivity contribution in [1.82, 2.24) is 0 Å². The van der Waals surface area contributed by atoms with E-state index in [1.807, 2.05) is 32.0 Å². The van der Waals surface area contributed by atoms with Crippen molar-refractivity contribution in [3.63, 3.8) is 0 Å². The topological polar surface area (TPSA) is 33.3 Å². The maximum Gasteiger partial charge on any atom is 0.573 e. The van der Waals surface area contributed by atoms with Gasteiger partial charge in [0, 0.05) is 17.4 Å². The van der Waals surface area contributed by atoms with E-state index in [0.717, 1.165) is 16.8 Å². The lowest BCUT2D eigenvalue weighted by Crippen LogP contribution is -2.20. The number of aryl methyl sites for hydroxylation is 1. The van der Waals surface area contributed by atoms with Gasteiger partial charge in [-0.2, -0.15) is 0 Å². The molecule has 0 saturated heterocycles. The van der Waals surface area contributed by atoms with Gasteiger partial charge in [-0.3, -0.25) is 0 Å². The lowest BCUT2D eigenvalue weighted by atomic mass is 10.1. The molecule has 0 saturated carbocycles. The third kappa shape index (κ3) is 5.14. The van der Waals surface area contributed by atoms with Crippen LogP contribution in [-0.2, 0) is 0 Å². The van der Waals surface area contributed by atoms with E-state index in [1.54, 1.807) is 6.07 Å².